The first kappa shape index (κ1) is 18.2. The lowest BCUT2D eigenvalue weighted by atomic mass is 10.1. The molecule has 1 aromatic carbocycles. The third-order valence-corrected chi connectivity index (χ3v) is 4.62. The number of guanidine groups is 1. The van der Waals surface area contributed by atoms with Crippen molar-refractivity contribution >= 4 is 41.3 Å². The average Bonchev–Trinajstić information content (AvgIpc) is 3.18. The minimum absolute atomic E-state index is 0. The fourth-order valence-electron chi connectivity index (χ4n) is 2.54. The van der Waals surface area contributed by atoms with Crippen molar-refractivity contribution in [3.63, 3.8) is 0 Å². The van der Waals surface area contributed by atoms with E-state index < -0.39 is 0 Å². The molecule has 2 N–H and O–H groups in total. The number of nitrogens with zero attached hydrogens (tertiary/aromatic N) is 2. The molecule has 1 aliphatic carbocycles. The maximum absolute atomic E-state index is 4.65. The largest absolute Gasteiger partial charge is 0.357 e. The lowest BCUT2D eigenvalue weighted by molar-refractivity contribution is 0.794. The summed E-state index contributed by atoms with van der Waals surface area (Å²) in [6.45, 7) is 5.66. The Labute approximate surface area is 158 Å². The SMILES string of the molecule is CCNC(=NCc1ncc(C)s1)NC1CC1c1ccccc1.I. The average molecular weight is 442 g/mol. The Morgan fingerprint density at radius 2 is 2.13 bits per heavy atom. The van der Waals surface area contributed by atoms with Crippen molar-refractivity contribution in [2.24, 2.45) is 4.99 Å². The van der Waals surface area contributed by atoms with Gasteiger partial charge in [-0.1, -0.05) is 30.3 Å². The molecule has 0 amide bonds. The second-order valence-electron chi connectivity index (χ2n) is 5.56. The minimum atomic E-state index is 0. The monoisotopic (exact) mass is 442 g/mol. The van der Waals surface area contributed by atoms with Crippen LogP contribution in [-0.4, -0.2) is 23.5 Å². The number of halogens is 1. The number of aryl methyl sites for hydroxylation is 1. The Bertz CT molecular complexity index is 641. The highest BCUT2D eigenvalue weighted by molar-refractivity contribution is 14.0. The summed E-state index contributed by atoms with van der Waals surface area (Å²) in [5.41, 5.74) is 1.41. The molecular formula is C17H23IN4S. The van der Waals surface area contributed by atoms with Crippen LogP contribution in [0, 0.1) is 6.92 Å². The third kappa shape index (κ3) is 5.17. The van der Waals surface area contributed by atoms with Gasteiger partial charge < -0.3 is 10.6 Å². The highest BCUT2D eigenvalue weighted by atomic mass is 127. The number of rotatable bonds is 5. The molecule has 0 aliphatic heterocycles. The first-order chi connectivity index (χ1) is 10.8. The van der Waals surface area contributed by atoms with Crippen molar-refractivity contribution in [1.82, 2.24) is 15.6 Å². The van der Waals surface area contributed by atoms with Crippen molar-refractivity contribution in [3.05, 3.63) is 52.0 Å². The summed E-state index contributed by atoms with van der Waals surface area (Å²) < 4.78 is 0. The normalized spacial score (nSPS) is 19.8. The van der Waals surface area contributed by atoms with Crippen LogP contribution in [0.25, 0.3) is 0 Å². The first-order valence-electron chi connectivity index (χ1n) is 7.77. The molecule has 1 fully saturated rings. The van der Waals surface area contributed by atoms with Crippen LogP contribution in [0.2, 0.25) is 0 Å². The molecule has 23 heavy (non-hydrogen) atoms. The predicted molar refractivity (Wildman–Crippen MR) is 108 cm³/mol. The quantitative estimate of drug-likeness (QED) is 0.422. The molecule has 0 radical (unpaired) electrons. The summed E-state index contributed by atoms with van der Waals surface area (Å²) in [6, 6.07) is 11.2. The summed E-state index contributed by atoms with van der Waals surface area (Å²) in [6.07, 6.45) is 3.08. The van der Waals surface area contributed by atoms with Gasteiger partial charge in [-0.15, -0.1) is 35.3 Å². The lowest BCUT2D eigenvalue weighted by Gasteiger charge is -2.11. The topological polar surface area (TPSA) is 49.3 Å². The summed E-state index contributed by atoms with van der Waals surface area (Å²) in [7, 11) is 0. The van der Waals surface area contributed by atoms with Gasteiger partial charge in [0.25, 0.3) is 0 Å². The Hall–Kier alpha value is -1.15. The molecule has 2 aromatic rings. The van der Waals surface area contributed by atoms with Crippen LogP contribution in [0.4, 0.5) is 0 Å². The van der Waals surface area contributed by atoms with Crippen LogP contribution >= 0.6 is 35.3 Å². The van der Waals surface area contributed by atoms with Gasteiger partial charge in [0.2, 0.25) is 0 Å². The fourth-order valence-corrected chi connectivity index (χ4v) is 3.25. The van der Waals surface area contributed by atoms with Crippen LogP contribution in [0.1, 0.15) is 34.7 Å². The number of thiazole rings is 1. The zero-order valence-electron chi connectivity index (χ0n) is 13.5. The standard InChI is InChI=1S/C17H22N4S.HI/c1-3-18-17(20-11-16-19-10-12(2)22-16)21-15-9-14(15)13-7-5-4-6-8-13;/h4-8,10,14-15H,3,9,11H2,1-2H3,(H2,18,20,21);1H. The first-order valence-corrected chi connectivity index (χ1v) is 8.59. The number of hydrogen-bond donors (Lipinski definition) is 2. The Morgan fingerprint density at radius 1 is 1.35 bits per heavy atom. The molecule has 1 aromatic heterocycles. The van der Waals surface area contributed by atoms with Gasteiger partial charge in [-0.25, -0.2) is 9.98 Å². The molecule has 0 spiro atoms. The molecule has 1 saturated carbocycles. The molecule has 2 unspecified atom stereocenters. The zero-order chi connectivity index (χ0) is 15.4. The predicted octanol–water partition coefficient (Wildman–Crippen LogP) is 3.68. The zero-order valence-corrected chi connectivity index (χ0v) is 16.6. The van der Waals surface area contributed by atoms with E-state index in [1.165, 1.54) is 16.9 Å². The van der Waals surface area contributed by atoms with E-state index in [9.17, 15) is 0 Å². The second-order valence-corrected chi connectivity index (χ2v) is 6.88. The highest BCUT2D eigenvalue weighted by Crippen LogP contribution is 2.40. The number of hydrogen-bond acceptors (Lipinski definition) is 3. The molecule has 124 valence electrons. The van der Waals surface area contributed by atoms with Crippen LogP contribution in [-0.2, 0) is 6.54 Å². The van der Waals surface area contributed by atoms with Gasteiger partial charge in [-0.05, 0) is 25.8 Å². The van der Waals surface area contributed by atoms with E-state index in [-0.39, 0.29) is 24.0 Å². The van der Waals surface area contributed by atoms with E-state index in [2.05, 4.69) is 64.8 Å². The Morgan fingerprint density at radius 3 is 2.78 bits per heavy atom. The smallest absolute Gasteiger partial charge is 0.191 e. The van der Waals surface area contributed by atoms with Gasteiger partial charge in [-0.3, -0.25) is 0 Å². The molecule has 3 rings (SSSR count). The van der Waals surface area contributed by atoms with Crippen LogP contribution in [0.5, 0.6) is 0 Å². The van der Waals surface area contributed by atoms with Gasteiger partial charge in [0.15, 0.2) is 5.96 Å². The fraction of sp³-hybridized carbons (Fsp3) is 0.412. The maximum Gasteiger partial charge on any atom is 0.191 e. The van der Waals surface area contributed by atoms with E-state index in [0.29, 0.717) is 18.5 Å². The van der Waals surface area contributed by atoms with Crippen LogP contribution in [0.3, 0.4) is 0 Å². The van der Waals surface area contributed by atoms with Gasteiger partial charge >= 0.3 is 0 Å². The van der Waals surface area contributed by atoms with E-state index in [1.807, 2.05) is 6.20 Å². The molecule has 0 bridgehead atoms. The van der Waals surface area contributed by atoms with Crippen molar-refractivity contribution in [3.8, 4) is 0 Å². The number of aromatic nitrogens is 1. The molecule has 1 aliphatic rings. The summed E-state index contributed by atoms with van der Waals surface area (Å²) >= 11 is 1.71. The highest BCUT2D eigenvalue weighted by Gasteiger charge is 2.38. The molecular weight excluding hydrogens is 419 g/mol. The van der Waals surface area contributed by atoms with E-state index in [1.54, 1.807) is 11.3 Å². The van der Waals surface area contributed by atoms with Crippen LogP contribution in [0.15, 0.2) is 41.5 Å². The van der Waals surface area contributed by atoms with E-state index in [0.717, 1.165) is 17.5 Å². The minimum Gasteiger partial charge on any atom is -0.357 e. The van der Waals surface area contributed by atoms with E-state index in [4.69, 9.17) is 0 Å². The summed E-state index contributed by atoms with van der Waals surface area (Å²) in [4.78, 5) is 10.2. The maximum atomic E-state index is 4.65. The van der Waals surface area contributed by atoms with Crippen molar-refractivity contribution in [2.45, 2.75) is 38.8 Å². The molecule has 2 atom stereocenters. The van der Waals surface area contributed by atoms with Gasteiger partial charge in [0, 0.05) is 29.6 Å². The number of nitrogens with one attached hydrogen (secondary N) is 2. The van der Waals surface area contributed by atoms with Crippen molar-refractivity contribution in [1.29, 1.82) is 0 Å². The van der Waals surface area contributed by atoms with Gasteiger partial charge in [0.05, 0.1) is 6.54 Å². The Kier molecular flexibility index (Phi) is 6.83. The number of benzene rings is 1. The lowest BCUT2D eigenvalue weighted by Crippen LogP contribution is -2.39. The number of aliphatic imine (C=N–C) groups is 1. The van der Waals surface area contributed by atoms with E-state index >= 15 is 0 Å². The van der Waals surface area contributed by atoms with Crippen molar-refractivity contribution < 1.29 is 0 Å². The summed E-state index contributed by atoms with van der Waals surface area (Å²) in [5.74, 6) is 1.49. The molecule has 1 heterocycles. The second kappa shape index (κ2) is 8.63. The Balaban J connectivity index is 0.00000192. The molecule has 0 saturated heterocycles. The molecule has 6 heteroatoms. The van der Waals surface area contributed by atoms with Crippen molar-refractivity contribution in [2.75, 3.05) is 6.54 Å². The van der Waals surface area contributed by atoms with Gasteiger partial charge in [0.1, 0.15) is 5.01 Å². The summed E-state index contributed by atoms with van der Waals surface area (Å²) in [5, 5.41) is 7.91. The molecule has 4 nitrogen and oxygen atoms in total. The van der Waals surface area contributed by atoms with Crippen LogP contribution < -0.4 is 10.6 Å². The third-order valence-electron chi connectivity index (χ3n) is 3.73. The van der Waals surface area contributed by atoms with Gasteiger partial charge in [-0.2, -0.15) is 0 Å².